The molecule has 66 valence electrons. The molecule has 0 spiro atoms. The molecule has 1 atom stereocenters. The molecule has 0 aromatic carbocycles. The van der Waals surface area contributed by atoms with Gasteiger partial charge in [0, 0.05) is 0 Å². The zero-order valence-electron chi connectivity index (χ0n) is 7.58. The van der Waals surface area contributed by atoms with Gasteiger partial charge in [-0.25, -0.2) is 0 Å². The Bertz CT molecular complexity index is 177. The summed E-state index contributed by atoms with van der Waals surface area (Å²) in [5.41, 5.74) is 0. The molecular weight excluding hydrogens is 151 g/mol. The fourth-order valence-electron chi connectivity index (χ4n) is 1.44. The maximum Gasteiger partial charge on any atom is 0.243 e. The molecule has 0 heterocycles. The van der Waals surface area contributed by atoms with E-state index in [9.17, 15) is 4.79 Å². The molecule has 1 aliphatic carbocycles. The van der Waals surface area contributed by atoms with Crippen molar-refractivity contribution in [2.75, 3.05) is 0 Å². The summed E-state index contributed by atoms with van der Waals surface area (Å²) in [5.74, 6) is -0.176. The number of hydrogen-bond donors (Lipinski definition) is 0. The van der Waals surface area contributed by atoms with Crippen molar-refractivity contribution in [2.24, 2.45) is 0 Å². The van der Waals surface area contributed by atoms with E-state index in [0.29, 0.717) is 0 Å². The van der Waals surface area contributed by atoms with Gasteiger partial charge < -0.3 is 4.74 Å². The zero-order valence-corrected chi connectivity index (χ0v) is 7.58. The molecule has 12 heavy (non-hydrogen) atoms. The highest BCUT2D eigenvalue weighted by molar-refractivity contribution is 6.55. The largest absolute Gasteiger partial charge is 0.467 e. The second kappa shape index (κ2) is 5.02. The van der Waals surface area contributed by atoms with Crippen LogP contribution in [-0.4, -0.2) is 19.8 Å². The van der Waals surface area contributed by atoms with Crippen LogP contribution in [0, 0.1) is 0 Å². The Kier molecular flexibility index (Phi) is 3.91. The van der Waals surface area contributed by atoms with Crippen LogP contribution in [0.25, 0.3) is 0 Å². The lowest BCUT2D eigenvalue weighted by Crippen LogP contribution is -2.15. The predicted octanol–water partition coefficient (Wildman–Crippen LogP) is 1.65. The number of ether oxygens (including phenoxy) is 1. The summed E-state index contributed by atoms with van der Waals surface area (Å²) in [5, 5.41) is 0. The second-order valence-corrected chi connectivity index (χ2v) is 3.21. The summed E-state index contributed by atoms with van der Waals surface area (Å²) in [6.07, 6.45) is 9.96. The Hall–Kier alpha value is -0.725. The first kappa shape index (κ1) is 9.36. The molecule has 0 N–H and O–H groups in total. The summed E-state index contributed by atoms with van der Waals surface area (Å²) in [6.45, 7) is 0. The van der Waals surface area contributed by atoms with Crippen LogP contribution < -0.4 is 0 Å². The van der Waals surface area contributed by atoms with Gasteiger partial charge >= 0.3 is 0 Å². The van der Waals surface area contributed by atoms with Gasteiger partial charge in [0.1, 0.15) is 6.10 Å². The van der Waals surface area contributed by atoms with Crippen LogP contribution in [-0.2, 0) is 4.74 Å². The van der Waals surface area contributed by atoms with Crippen molar-refractivity contribution >= 4 is 13.7 Å². The van der Waals surface area contributed by atoms with Gasteiger partial charge in [-0.3, -0.25) is 4.79 Å². The Balaban J connectivity index is 2.38. The summed E-state index contributed by atoms with van der Waals surface area (Å²) in [6, 6.07) is 0. The summed E-state index contributed by atoms with van der Waals surface area (Å²) >= 11 is 0. The Morgan fingerprint density at radius 3 is 3.00 bits per heavy atom. The first-order valence-corrected chi connectivity index (χ1v) is 4.63. The highest BCUT2D eigenvalue weighted by atomic mass is 16.5. The molecule has 0 aromatic rings. The average molecular weight is 166 g/mol. The molecule has 0 saturated carbocycles. The molecule has 0 fully saturated rings. The van der Waals surface area contributed by atoms with Crippen LogP contribution in [0.3, 0.4) is 0 Å². The normalized spacial score (nSPS) is 26.8. The van der Waals surface area contributed by atoms with Crippen LogP contribution in [0.2, 0.25) is 0 Å². The summed E-state index contributed by atoms with van der Waals surface area (Å²) in [4.78, 5) is 10.7. The number of carbonyl (C=O) groups is 1. The van der Waals surface area contributed by atoms with Gasteiger partial charge in [-0.15, -0.1) is 0 Å². The summed E-state index contributed by atoms with van der Waals surface area (Å²) < 4.78 is 5.10. The Morgan fingerprint density at radius 1 is 1.42 bits per heavy atom. The average Bonchev–Trinajstić information content (AvgIpc) is 1.93. The van der Waals surface area contributed by atoms with Gasteiger partial charge in [-0.2, -0.15) is 0 Å². The van der Waals surface area contributed by atoms with Crippen LogP contribution in [0.4, 0.5) is 4.79 Å². The van der Waals surface area contributed by atoms with Crippen molar-refractivity contribution < 1.29 is 9.53 Å². The topological polar surface area (TPSA) is 26.3 Å². The van der Waals surface area contributed by atoms with E-state index in [2.05, 4.69) is 6.08 Å². The highest BCUT2D eigenvalue weighted by Gasteiger charge is 2.08. The van der Waals surface area contributed by atoms with Gasteiger partial charge in [0.15, 0.2) is 0 Å². The van der Waals surface area contributed by atoms with Crippen molar-refractivity contribution in [3.63, 3.8) is 0 Å². The fourth-order valence-corrected chi connectivity index (χ4v) is 1.44. The summed E-state index contributed by atoms with van der Waals surface area (Å²) in [7, 11) is 1.46. The molecular formula is C9H15BO2. The SMILES string of the molecule is BC(=O)OC1/C=C/CCCCC1. The number of rotatable bonds is 1. The van der Waals surface area contributed by atoms with Gasteiger partial charge in [-0.05, 0) is 31.8 Å². The van der Waals surface area contributed by atoms with E-state index in [0.717, 1.165) is 12.8 Å². The van der Waals surface area contributed by atoms with E-state index in [1.165, 1.54) is 27.1 Å². The molecule has 1 unspecified atom stereocenters. The first-order chi connectivity index (χ1) is 5.79. The quantitative estimate of drug-likeness (QED) is 0.437. The fraction of sp³-hybridized carbons (Fsp3) is 0.667. The minimum Gasteiger partial charge on any atom is -0.467 e. The lowest BCUT2D eigenvalue weighted by molar-refractivity contribution is 0.138. The lowest BCUT2D eigenvalue weighted by atomic mass is 10.0. The third kappa shape index (κ3) is 3.60. The maximum atomic E-state index is 10.7. The van der Waals surface area contributed by atoms with Crippen LogP contribution in [0.1, 0.15) is 32.1 Å². The van der Waals surface area contributed by atoms with E-state index < -0.39 is 0 Å². The van der Waals surface area contributed by atoms with E-state index in [1.54, 1.807) is 0 Å². The first-order valence-electron chi connectivity index (χ1n) is 4.63. The second-order valence-electron chi connectivity index (χ2n) is 3.21. The Labute approximate surface area is 74.4 Å². The lowest BCUT2D eigenvalue weighted by Gasteiger charge is -2.14. The van der Waals surface area contributed by atoms with Crippen LogP contribution >= 0.6 is 0 Å². The maximum absolute atomic E-state index is 10.7. The molecule has 0 saturated heterocycles. The van der Waals surface area contributed by atoms with E-state index >= 15 is 0 Å². The third-order valence-corrected chi connectivity index (χ3v) is 2.03. The van der Waals surface area contributed by atoms with Gasteiger partial charge in [0.05, 0.1) is 0 Å². The molecule has 0 aromatic heterocycles. The number of allylic oxidation sites excluding steroid dienone is 1. The molecule has 1 rings (SSSR count). The number of carbonyl (C=O) groups excluding carboxylic acids is 1. The molecule has 3 heteroatoms. The smallest absolute Gasteiger partial charge is 0.243 e. The monoisotopic (exact) mass is 166 g/mol. The van der Waals surface area contributed by atoms with Crippen molar-refractivity contribution in [1.82, 2.24) is 0 Å². The highest BCUT2D eigenvalue weighted by Crippen LogP contribution is 2.13. The molecule has 2 nitrogen and oxygen atoms in total. The molecule has 0 bridgehead atoms. The van der Waals surface area contributed by atoms with Gasteiger partial charge in [0.25, 0.3) is 0 Å². The standard InChI is InChI=1S/C9H15BO2/c10-9(11)12-8-6-4-2-1-3-5-7-8/h4,6,8H,1-3,5,7,10H2/b6-4+. The van der Waals surface area contributed by atoms with Crippen LogP contribution in [0.5, 0.6) is 0 Å². The molecule has 0 aliphatic heterocycles. The predicted molar refractivity (Wildman–Crippen MR) is 51.0 cm³/mol. The molecule has 1 aliphatic rings. The van der Waals surface area contributed by atoms with E-state index in [4.69, 9.17) is 4.74 Å². The van der Waals surface area contributed by atoms with Crippen molar-refractivity contribution in [1.29, 1.82) is 0 Å². The van der Waals surface area contributed by atoms with Gasteiger partial charge in [0.2, 0.25) is 13.7 Å². The van der Waals surface area contributed by atoms with E-state index in [1.807, 2.05) is 6.08 Å². The van der Waals surface area contributed by atoms with Crippen molar-refractivity contribution in [2.45, 2.75) is 38.2 Å². The van der Waals surface area contributed by atoms with Crippen LogP contribution in [0.15, 0.2) is 12.2 Å². The van der Waals surface area contributed by atoms with E-state index in [-0.39, 0.29) is 12.0 Å². The minimum absolute atomic E-state index is 0.0304. The zero-order chi connectivity index (χ0) is 8.81. The molecule has 0 radical (unpaired) electrons. The van der Waals surface area contributed by atoms with Gasteiger partial charge in [-0.1, -0.05) is 12.5 Å². The number of hydrogen-bond acceptors (Lipinski definition) is 2. The van der Waals surface area contributed by atoms with Crippen molar-refractivity contribution in [3.05, 3.63) is 12.2 Å². The third-order valence-electron chi connectivity index (χ3n) is 2.03. The minimum atomic E-state index is -0.176. The molecule has 0 amide bonds. The van der Waals surface area contributed by atoms with Crippen molar-refractivity contribution in [3.8, 4) is 0 Å². The Morgan fingerprint density at radius 2 is 2.25 bits per heavy atom.